The fourth-order valence-electron chi connectivity index (χ4n) is 2.43. The Balaban J connectivity index is 2.42. The molecule has 0 N–H and O–H groups in total. The second-order valence-corrected chi connectivity index (χ2v) is 7.34. The molecule has 1 atom stereocenters. The molecule has 1 unspecified atom stereocenters. The summed E-state index contributed by atoms with van der Waals surface area (Å²) >= 11 is 12.5. The molecule has 2 heterocycles. The highest BCUT2D eigenvalue weighted by molar-refractivity contribution is 6.49. The summed E-state index contributed by atoms with van der Waals surface area (Å²) in [6.45, 7) is 7.77. The van der Waals surface area contributed by atoms with Crippen LogP contribution in [0.15, 0.2) is 12.4 Å². The first-order valence-corrected chi connectivity index (χ1v) is 8.06. The third-order valence-electron chi connectivity index (χ3n) is 4.48. The second-order valence-electron chi connectivity index (χ2n) is 6.53. The topological polar surface area (TPSA) is 57.7 Å². The van der Waals surface area contributed by atoms with Gasteiger partial charge in [0.25, 0.3) is 0 Å². The van der Waals surface area contributed by atoms with Crippen molar-refractivity contribution in [3.63, 3.8) is 0 Å². The summed E-state index contributed by atoms with van der Waals surface area (Å²) in [5, 5.41) is 0.724. The molecule has 1 aromatic heterocycles. The van der Waals surface area contributed by atoms with Crippen LogP contribution in [0.4, 0.5) is 0 Å². The molecule has 1 fully saturated rings. The van der Waals surface area contributed by atoms with Crippen molar-refractivity contribution in [3.05, 3.63) is 28.0 Å². The van der Waals surface area contributed by atoms with E-state index >= 15 is 0 Å². The van der Waals surface area contributed by atoms with Crippen LogP contribution in [0.5, 0.6) is 0 Å². The molecule has 0 spiro atoms. The number of carbonyl (C=O) groups is 1. The van der Waals surface area contributed by atoms with E-state index in [0.717, 1.165) is 0 Å². The lowest BCUT2D eigenvalue weighted by Crippen LogP contribution is -2.41. The smallest absolute Gasteiger partial charge is 0.466 e. The number of hydrogen-bond donors (Lipinski definition) is 0. The van der Waals surface area contributed by atoms with E-state index in [1.165, 1.54) is 19.5 Å². The van der Waals surface area contributed by atoms with Gasteiger partial charge in [-0.1, -0.05) is 23.2 Å². The van der Waals surface area contributed by atoms with E-state index in [2.05, 4.69) is 4.98 Å². The van der Waals surface area contributed by atoms with Gasteiger partial charge in [0, 0.05) is 18.2 Å². The maximum Gasteiger partial charge on any atom is 0.466 e. The lowest BCUT2D eigenvalue weighted by molar-refractivity contribution is -0.140. The first-order chi connectivity index (χ1) is 10.6. The van der Waals surface area contributed by atoms with E-state index in [9.17, 15) is 4.79 Å². The Bertz CT molecular complexity index is 573. The number of hydrogen-bond acceptors (Lipinski definition) is 5. The molecule has 0 amide bonds. The largest absolute Gasteiger partial charge is 0.469 e. The van der Waals surface area contributed by atoms with Gasteiger partial charge >= 0.3 is 13.1 Å². The SMILES string of the molecule is COC(=O)CC(B1OC(C)(C)C(C)(C)O1)c1c(Cl)cncc1Cl. The highest BCUT2D eigenvalue weighted by atomic mass is 35.5. The van der Waals surface area contributed by atoms with Crippen molar-refractivity contribution in [1.29, 1.82) is 0 Å². The Morgan fingerprint density at radius 3 is 2.13 bits per heavy atom. The van der Waals surface area contributed by atoms with Gasteiger partial charge in [0.2, 0.25) is 0 Å². The quantitative estimate of drug-likeness (QED) is 0.606. The lowest BCUT2D eigenvalue weighted by Gasteiger charge is -2.32. The van der Waals surface area contributed by atoms with Crippen LogP contribution in [0.1, 0.15) is 45.5 Å². The van der Waals surface area contributed by atoms with Gasteiger partial charge in [-0.05, 0) is 33.3 Å². The zero-order chi connectivity index (χ0) is 17.4. The monoisotopic (exact) mass is 359 g/mol. The molecule has 8 heteroatoms. The molecule has 5 nitrogen and oxygen atoms in total. The third-order valence-corrected chi connectivity index (χ3v) is 5.08. The predicted molar refractivity (Wildman–Crippen MR) is 89.7 cm³/mol. The zero-order valence-corrected chi connectivity index (χ0v) is 15.4. The summed E-state index contributed by atoms with van der Waals surface area (Å²) in [6, 6.07) is 0. The maximum absolute atomic E-state index is 11.9. The van der Waals surface area contributed by atoms with Crippen LogP contribution in [0.2, 0.25) is 10.0 Å². The van der Waals surface area contributed by atoms with Gasteiger partial charge < -0.3 is 14.0 Å². The summed E-state index contributed by atoms with van der Waals surface area (Å²) in [6.07, 6.45) is 3.01. The van der Waals surface area contributed by atoms with Crippen LogP contribution in [-0.4, -0.2) is 36.4 Å². The van der Waals surface area contributed by atoms with Gasteiger partial charge in [-0.25, -0.2) is 0 Å². The second kappa shape index (κ2) is 6.59. The lowest BCUT2D eigenvalue weighted by atomic mass is 9.66. The van der Waals surface area contributed by atoms with E-state index in [1.54, 1.807) is 0 Å². The predicted octanol–water partition coefficient (Wildman–Crippen LogP) is 3.67. The van der Waals surface area contributed by atoms with E-state index in [1.807, 2.05) is 27.7 Å². The highest BCUT2D eigenvalue weighted by Gasteiger charge is 2.54. The molecule has 0 bridgehead atoms. The van der Waals surface area contributed by atoms with Crippen LogP contribution in [0, 0.1) is 0 Å². The van der Waals surface area contributed by atoms with Crippen molar-refractivity contribution >= 4 is 36.3 Å². The fourth-order valence-corrected chi connectivity index (χ4v) is 3.07. The fraction of sp³-hybridized carbons (Fsp3) is 0.600. The molecule has 1 aliphatic heterocycles. The van der Waals surface area contributed by atoms with E-state index < -0.39 is 30.1 Å². The van der Waals surface area contributed by atoms with Crippen LogP contribution >= 0.6 is 23.2 Å². The van der Waals surface area contributed by atoms with Crippen LogP contribution in [0.3, 0.4) is 0 Å². The maximum atomic E-state index is 11.9. The summed E-state index contributed by atoms with van der Waals surface area (Å²) in [5.41, 5.74) is -0.483. The first-order valence-electron chi connectivity index (χ1n) is 7.30. The summed E-state index contributed by atoms with van der Waals surface area (Å²) < 4.78 is 16.9. The number of methoxy groups -OCH3 is 1. The molecule has 0 aliphatic carbocycles. The number of ether oxygens (including phenoxy) is 1. The van der Waals surface area contributed by atoms with E-state index in [-0.39, 0.29) is 6.42 Å². The molecule has 0 saturated carbocycles. The number of carbonyl (C=O) groups excluding carboxylic acids is 1. The number of nitrogens with zero attached hydrogens (tertiary/aromatic N) is 1. The van der Waals surface area contributed by atoms with Gasteiger partial charge in [0.05, 0.1) is 34.8 Å². The van der Waals surface area contributed by atoms with Crippen LogP contribution in [0.25, 0.3) is 0 Å². The standard InChI is InChI=1S/C15H20BCl2NO4/c1-14(2)15(3,4)23-16(22-14)9(6-12(20)21-5)13-10(17)7-19-8-11(13)18/h7-9H,6H2,1-5H3. The molecule has 1 saturated heterocycles. The number of rotatable bonds is 4. The minimum absolute atomic E-state index is 0.0385. The molecule has 0 radical (unpaired) electrons. The number of pyridine rings is 1. The molecule has 23 heavy (non-hydrogen) atoms. The Morgan fingerprint density at radius 2 is 1.70 bits per heavy atom. The van der Waals surface area contributed by atoms with E-state index in [0.29, 0.717) is 15.6 Å². The normalized spacial score (nSPS) is 20.4. The van der Waals surface area contributed by atoms with Gasteiger partial charge in [0.1, 0.15) is 0 Å². The van der Waals surface area contributed by atoms with Gasteiger partial charge in [0.15, 0.2) is 0 Å². The van der Waals surface area contributed by atoms with Crippen molar-refractivity contribution in [2.75, 3.05) is 7.11 Å². The van der Waals surface area contributed by atoms with Crippen molar-refractivity contribution in [3.8, 4) is 0 Å². The van der Waals surface area contributed by atoms with Crippen LogP contribution < -0.4 is 0 Å². The average Bonchev–Trinajstić information content (AvgIpc) is 2.65. The average molecular weight is 360 g/mol. The Morgan fingerprint density at radius 1 is 1.22 bits per heavy atom. The molecule has 0 aromatic carbocycles. The molecule has 126 valence electrons. The molecule has 2 rings (SSSR count). The summed E-state index contributed by atoms with van der Waals surface area (Å²) in [7, 11) is 0.663. The van der Waals surface area contributed by atoms with Crippen molar-refractivity contribution in [2.45, 2.75) is 51.1 Å². The number of aromatic nitrogens is 1. The molecular weight excluding hydrogens is 340 g/mol. The summed E-state index contributed by atoms with van der Waals surface area (Å²) in [5.74, 6) is -0.889. The Kier molecular flexibility index (Phi) is 5.31. The van der Waals surface area contributed by atoms with Crippen molar-refractivity contribution in [2.24, 2.45) is 0 Å². The Labute approximate surface area is 146 Å². The summed E-state index contributed by atoms with van der Waals surface area (Å²) in [4.78, 5) is 15.8. The van der Waals surface area contributed by atoms with Gasteiger partial charge in [-0.15, -0.1) is 0 Å². The third kappa shape index (κ3) is 3.66. The first kappa shape index (κ1) is 18.5. The minimum atomic E-state index is -0.670. The van der Waals surface area contributed by atoms with Crippen LogP contribution in [-0.2, 0) is 18.8 Å². The van der Waals surface area contributed by atoms with E-state index in [4.69, 9.17) is 37.2 Å². The number of esters is 1. The Hall–Kier alpha value is -0.815. The molecular formula is C15H20BCl2NO4. The van der Waals surface area contributed by atoms with Crippen molar-refractivity contribution in [1.82, 2.24) is 4.98 Å². The minimum Gasteiger partial charge on any atom is -0.469 e. The number of halogens is 2. The zero-order valence-electron chi connectivity index (χ0n) is 13.9. The highest BCUT2D eigenvalue weighted by Crippen LogP contribution is 2.44. The van der Waals surface area contributed by atoms with Gasteiger partial charge in [-0.2, -0.15) is 0 Å². The van der Waals surface area contributed by atoms with Gasteiger partial charge in [-0.3, -0.25) is 9.78 Å². The molecule has 1 aliphatic rings. The molecule has 1 aromatic rings. The van der Waals surface area contributed by atoms with Crippen molar-refractivity contribution < 1.29 is 18.8 Å².